The molecule has 1 rings (SSSR count). The smallest absolute Gasteiger partial charge is 0.324 e. The van der Waals surface area contributed by atoms with E-state index in [4.69, 9.17) is 4.74 Å². The van der Waals surface area contributed by atoms with Crippen molar-refractivity contribution >= 4 is 21.9 Å². The molecule has 0 spiro atoms. The number of alkyl halides is 1. The molecule has 1 aromatic carbocycles. The Bertz CT molecular complexity index is 534. The molecule has 0 aliphatic rings. The first-order chi connectivity index (χ1) is 10.4. The number of nitrogens with zero attached hydrogens (tertiary/aromatic N) is 1. The zero-order valence-electron chi connectivity index (χ0n) is 15.0. The summed E-state index contributed by atoms with van der Waals surface area (Å²) >= 11 is 3.18. The monoisotopic (exact) mass is 384 g/mol. The van der Waals surface area contributed by atoms with E-state index in [2.05, 4.69) is 15.9 Å². The molecule has 2 atom stereocenters. The SMILES string of the molecule is CC(Br)C(=O)Oc1ccc(C(C)(C(C)C)N([O])C(C)(C)C)cc1. The van der Waals surface area contributed by atoms with Gasteiger partial charge in [0.1, 0.15) is 10.6 Å². The van der Waals surface area contributed by atoms with E-state index in [0.717, 1.165) is 10.6 Å². The van der Waals surface area contributed by atoms with Crippen LogP contribution in [0, 0.1) is 5.92 Å². The highest BCUT2D eigenvalue weighted by Crippen LogP contribution is 2.39. The number of ether oxygens (including phenoxy) is 1. The predicted octanol–water partition coefficient (Wildman–Crippen LogP) is 4.69. The molecule has 0 aromatic heterocycles. The second kappa shape index (κ2) is 7.32. The lowest BCUT2D eigenvalue weighted by Gasteiger charge is -2.45. The van der Waals surface area contributed by atoms with Crippen LogP contribution in [0.1, 0.15) is 54.0 Å². The fraction of sp³-hybridized carbons (Fsp3) is 0.611. The molecule has 0 saturated carbocycles. The minimum atomic E-state index is -0.663. The fourth-order valence-electron chi connectivity index (χ4n) is 2.44. The number of rotatable bonds is 5. The number of esters is 1. The van der Waals surface area contributed by atoms with Crippen molar-refractivity contribution in [3.05, 3.63) is 29.8 Å². The number of hydrogen-bond acceptors (Lipinski definition) is 3. The van der Waals surface area contributed by atoms with E-state index < -0.39 is 11.1 Å². The van der Waals surface area contributed by atoms with Crippen molar-refractivity contribution in [2.24, 2.45) is 5.92 Å². The van der Waals surface area contributed by atoms with Gasteiger partial charge in [0.2, 0.25) is 0 Å². The Morgan fingerprint density at radius 1 is 1.09 bits per heavy atom. The van der Waals surface area contributed by atoms with Gasteiger partial charge in [-0.25, -0.2) is 0 Å². The van der Waals surface area contributed by atoms with Gasteiger partial charge in [0.15, 0.2) is 0 Å². The molecule has 0 N–H and O–H groups in total. The van der Waals surface area contributed by atoms with E-state index in [1.807, 2.05) is 53.7 Å². The number of halogens is 1. The van der Waals surface area contributed by atoms with E-state index in [0.29, 0.717) is 5.75 Å². The van der Waals surface area contributed by atoms with Gasteiger partial charge in [-0.3, -0.25) is 4.79 Å². The van der Waals surface area contributed by atoms with Crippen molar-refractivity contribution in [2.45, 2.75) is 64.4 Å². The molecule has 5 heteroatoms. The third kappa shape index (κ3) is 4.55. The molecule has 1 aromatic rings. The van der Waals surface area contributed by atoms with E-state index in [1.54, 1.807) is 19.1 Å². The maximum atomic E-state index is 12.9. The molecule has 0 saturated heterocycles. The summed E-state index contributed by atoms with van der Waals surface area (Å²) in [4.78, 5) is 11.3. The molecule has 0 aliphatic carbocycles. The van der Waals surface area contributed by atoms with Crippen molar-refractivity contribution in [1.29, 1.82) is 0 Å². The molecular weight excluding hydrogens is 358 g/mol. The molecule has 0 heterocycles. The van der Waals surface area contributed by atoms with Crippen LogP contribution in [0.15, 0.2) is 24.3 Å². The zero-order chi connectivity index (χ0) is 18.0. The van der Waals surface area contributed by atoms with Gasteiger partial charge in [0.25, 0.3) is 0 Å². The third-order valence-corrected chi connectivity index (χ3v) is 4.51. The van der Waals surface area contributed by atoms with Gasteiger partial charge in [0, 0.05) is 5.54 Å². The van der Waals surface area contributed by atoms with Gasteiger partial charge in [-0.1, -0.05) is 41.9 Å². The van der Waals surface area contributed by atoms with Gasteiger partial charge in [0.05, 0.1) is 5.54 Å². The predicted molar refractivity (Wildman–Crippen MR) is 94.9 cm³/mol. The quantitative estimate of drug-likeness (QED) is 0.320. The summed E-state index contributed by atoms with van der Waals surface area (Å²) in [5, 5.41) is 14.1. The van der Waals surface area contributed by atoms with E-state index in [9.17, 15) is 10.0 Å². The molecule has 0 aliphatic heterocycles. The number of hydrogen-bond donors (Lipinski definition) is 0. The summed E-state index contributed by atoms with van der Waals surface area (Å²) in [6.45, 7) is 13.5. The largest absolute Gasteiger partial charge is 0.426 e. The molecule has 1 radical (unpaired) electrons. The average molecular weight is 385 g/mol. The van der Waals surface area contributed by atoms with Gasteiger partial charge in [-0.2, -0.15) is 0 Å². The molecule has 2 unspecified atom stereocenters. The molecule has 0 bridgehead atoms. The lowest BCUT2D eigenvalue weighted by Crippen LogP contribution is -2.53. The van der Waals surface area contributed by atoms with Crippen molar-refractivity contribution < 1.29 is 14.7 Å². The van der Waals surface area contributed by atoms with E-state index in [-0.39, 0.29) is 16.7 Å². The van der Waals surface area contributed by atoms with Gasteiger partial charge in [-0.05, 0) is 58.2 Å². The Labute approximate surface area is 147 Å². The van der Waals surface area contributed by atoms with Crippen LogP contribution in [-0.2, 0) is 15.5 Å². The van der Waals surface area contributed by atoms with Gasteiger partial charge in [-0.15, -0.1) is 10.3 Å². The summed E-state index contributed by atoms with van der Waals surface area (Å²) in [6, 6.07) is 7.19. The number of benzene rings is 1. The molecule has 0 fully saturated rings. The lowest BCUT2D eigenvalue weighted by molar-refractivity contribution is -0.286. The molecular formula is C18H27BrNO3. The number of carbonyl (C=O) groups excluding carboxylic acids is 1. The zero-order valence-corrected chi connectivity index (χ0v) is 16.6. The minimum absolute atomic E-state index is 0.121. The minimum Gasteiger partial charge on any atom is -0.426 e. The van der Waals surface area contributed by atoms with Crippen LogP contribution in [0.4, 0.5) is 0 Å². The average Bonchev–Trinajstić information content (AvgIpc) is 2.45. The van der Waals surface area contributed by atoms with E-state index in [1.165, 1.54) is 0 Å². The Balaban J connectivity index is 3.14. The first-order valence-electron chi connectivity index (χ1n) is 7.84. The Hall–Kier alpha value is -0.910. The molecule has 129 valence electrons. The second-order valence-corrected chi connectivity index (χ2v) is 8.70. The van der Waals surface area contributed by atoms with E-state index >= 15 is 0 Å². The standard InChI is InChI=1S/C18H27BrNO3/c1-12(2)18(7,20(22)17(4,5)6)14-8-10-15(11-9-14)23-16(21)13(3)19/h8-13H,1-7H3. The van der Waals surface area contributed by atoms with Crippen molar-refractivity contribution in [3.63, 3.8) is 0 Å². The molecule has 23 heavy (non-hydrogen) atoms. The highest BCUT2D eigenvalue weighted by molar-refractivity contribution is 9.10. The summed E-state index contributed by atoms with van der Waals surface area (Å²) in [6.07, 6.45) is 0. The maximum absolute atomic E-state index is 12.9. The van der Waals surface area contributed by atoms with Crippen molar-refractivity contribution in [1.82, 2.24) is 5.06 Å². The Morgan fingerprint density at radius 2 is 1.57 bits per heavy atom. The van der Waals surface area contributed by atoms with Crippen LogP contribution < -0.4 is 4.74 Å². The first-order valence-corrected chi connectivity index (χ1v) is 8.76. The first kappa shape index (κ1) is 20.1. The molecule has 0 amide bonds. The van der Waals surface area contributed by atoms with Crippen LogP contribution in [0.2, 0.25) is 0 Å². The topological polar surface area (TPSA) is 49.4 Å². The number of hydroxylamine groups is 2. The summed E-state index contributed by atoms with van der Waals surface area (Å²) in [7, 11) is 0. The van der Waals surface area contributed by atoms with Crippen LogP contribution in [-0.4, -0.2) is 21.4 Å². The fourth-order valence-corrected chi connectivity index (χ4v) is 2.53. The lowest BCUT2D eigenvalue weighted by atomic mass is 9.79. The van der Waals surface area contributed by atoms with Crippen LogP contribution in [0.5, 0.6) is 5.75 Å². The van der Waals surface area contributed by atoms with Gasteiger partial charge < -0.3 is 4.74 Å². The Morgan fingerprint density at radius 3 is 1.91 bits per heavy atom. The third-order valence-electron chi connectivity index (χ3n) is 4.14. The maximum Gasteiger partial charge on any atom is 0.324 e. The van der Waals surface area contributed by atoms with Crippen molar-refractivity contribution in [3.8, 4) is 5.75 Å². The summed E-state index contributed by atoms with van der Waals surface area (Å²) in [5.74, 6) is 0.254. The highest BCUT2D eigenvalue weighted by Gasteiger charge is 2.43. The normalized spacial score (nSPS) is 16.3. The highest BCUT2D eigenvalue weighted by atomic mass is 79.9. The second-order valence-electron chi connectivity index (χ2n) is 7.33. The van der Waals surface area contributed by atoms with Crippen LogP contribution in [0.3, 0.4) is 0 Å². The molecule has 4 nitrogen and oxygen atoms in total. The van der Waals surface area contributed by atoms with Gasteiger partial charge >= 0.3 is 5.97 Å². The van der Waals surface area contributed by atoms with Crippen LogP contribution in [0.25, 0.3) is 0 Å². The van der Waals surface area contributed by atoms with Crippen LogP contribution >= 0.6 is 15.9 Å². The number of carbonyl (C=O) groups is 1. The van der Waals surface area contributed by atoms with Crippen molar-refractivity contribution in [2.75, 3.05) is 0 Å². The summed E-state index contributed by atoms with van der Waals surface area (Å²) < 4.78 is 5.25. The Kier molecular flexibility index (Phi) is 6.41. The summed E-state index contributed by atoms with van der Waals surface area (Å²) in [5.41, 5.74) is -0.261.